The van der Waals surface area contributed by atoms with Gasteiger partial charge in [0.2, 0.25) is 0 Å². The Bertz CT molecular complexity index is 222. The topological polar surface area (TPSA) is 17.8 Å². The van der Waals surface area contributed by atoms with Crippen molar-refractivity contribution in [3.8, 4) is 0 Å². The zero-order valence-corrected chi connectivity index (χ0v) is 6.73. The van der Waals surface area contributed by atoms with E-state index in [0.29, 0.717) is 0 Å². The summed E-state index contributed by atoms with van der Waals surface area (Å²) < 4.78 is 22.6. The van der Waals surface area contributed by atoms with Crippen molar-refractivity contribution in [2.24, 2.45) is 0 Å². The molecule has 0 spiro atoms. The Morgan fingerprint density at radius 2 is 2.09 bits per heavy atom. The first-order valence-electron chi connectivity index (χ1n) is 2.71. The van der Waals surface area contributed by atoms with Crippen molar-refractivity contribution in [3.63, 3.8) is 0 Å². The van der Waals surface area contributed by atoms with Crippen LogP contribution in [0.4, 0.5) is 8.78 Å². The average Bonchev–Trinajstić information content (AvgIpc) is 2.37. The van der Waals surface area contributed by atoms with E-state index in [1.165, 1.54) is 18.5 Å². The summed E-state index contributed by atoms with van der Waals surface area (Å²) in [5.74, 6) is 0. The standard InChI is InChI=1S/C5H4Cl2F2N2/c6-5(7,4(8)9)11-3-1-2-10-11/h1-4H. The molecule has 2 nitrogen and oxygen atoms in total. The Labute approximate surface area is 71.7 Å². The van der Waals surface area contributed by atoms with Gasteiger partial charge in [-0.2, -0.15) is 5.10 Å². The lowest BCUT2D eigenvalue weighted by atomic mass is 10.6. The van der Waals surface area contributed by atoms with Gasteiger partial charge in [0, 0.05) is 12.4 Å². The van der Waals surface area contributed by atoms with Gasteiger partial charge in [-0.25, -0.2) is 13.5 Å². The van der Waals surface area contributed by atoms with E-state index in [2.05, 4.69) is 5.10 Å². The lowest BCUT2D eigenvalue weighted by molar-refractivity contribution is 0.0932. The van der Waals surface area contributed by atoms with E-state index in [1.54, 1.807) is 0 Å². The van der Waals surface area contributed by atoms with Crippen molar-refractivity contribution in [3.05, 3.63) is 18.5 Å². The number of rotatable bonds is 2. The lowest BCUT2D eigenvalue weighted by Crippen LogP contribution is -2.29. The number of alkyl halides is 4. The zero-order valence-electron chi connectivity index (χ0n) is 5.22. The Kier molecular flexibility index (Phi) is 2.34. The van der Waals surface area contributed by atoms with Gasteiger partial charge >= 0.3 is 0 Å². The first kappa shape index (κ1) is 8.74. The molecule has 1 aromatic heterocycles. The van der Waals surface area contributed by atoms with Crippen LogP contribution in [-0.4, -0.2) is 16.2 Å². The van der Waals surface area contributed by atoms with Crippen LogP contribution in [0.15, 0.2) is 18.5 Å². The molecule has 1 heterocycles. The van der Waals surface area contributed by atoms with Gasteiger partial charge in [-0.05, 0) is 6.07 Å². The highest BCUT2D eigenvalue weighted by Gasteiger charge is 2.38. The molecule has 0 fully saturated rings. The van der Waals surface area contributed by atoms with E-state index in [9.17, 15) is 8.78 Å². The minimum atomic E-state index is -2.87. The highest BCUT2D eigenvalue weighted by molar-refractivity contribution is 6.46. The molecular formula is C5H4Cl2F2N2. The number of halogens is 4. The summed E-state index contributed by atoms with van der Waals surface area (Å²) in [7, 11) is 0. The van der Waals surface area contributed by atoms with Crippen molar-refractivity contribution in [1.29, 1.82) is 0 Å². The predicted molar refractivity (Wildman–Crippen MR) is 37.9 cm³/mol. The van der Waals surface area contributed by atoms with Gasteiger partial charge in [-0.1, -0.05) is 23.2 Å². The maximum absolute atomic E-state index is 12.1. The number of hydrogen-bond donors (Lipinski definition) is 0. The molecule has 0 aliphatic carbocycles. The summed E-state index contributed by atoms with van der Waals surface area (Å²) >= 11 is 10.5. The summed E-state index contributed by atoms with van der Waals surface area (Å²) in [6.07, 6.45) is -0.278. The summed E-state index contributed by atoms with van der Waals surface area (Å²) in [5.41, 5.74) is 0. The molecule has 62 valence electrons. The van der Waals surface area contributed by atoms with Gasteiger partial charge in [-0.15, -0.1) is 0 Å². The first-order valence-corrected chi connectivity index (χ1v) is 3.47. The van der Waals surface area contributed by atoms with Crippen molar-refractivity contribution >= 4 is 23.2 Å². The maximum Gasteiger partial charge on any atom is 0.291 e. The van der Waals surface area contributed by atoms with Crippen molar-refractivity contribution in [2.45, 2.75) is 10.9 Å². The molecule has 0 atom stereocenters. The third-order valence-electron chi connectivity index (χ3n) is 1.07. The van der Waals surface area contributed by atoms with Crippen LogP contribution in [0.5, 0.6) is 0 Å². The average molecular weight is 201 g/mol. The minimum absolute atomic E-state index is 0.792. The number of hydrogen-bond acceptors (Lipinski definition) is 1. The van der Waals surface area contributed by atoms with Crippen molar-refractivity contribution < 1.29 is 8.78 Å². The number of aromatic nitrogens is 2. The Hall–Kier alpha value is -0.350. The minimum Gasteiger partial charge on any atom is -0.232 e. The van der Waals surface area contributed by atoms with Crippen LogP contribution < -0.4 is 0 Å². The molecule has 0 bridgehead atoms. The highest BCUT2D eigenvalue weighted by atomic mass is 35.5. The van der Waals surface area contributed by atoms with E-state index >= 15 is 0 Å². The number of nitrogens with zero attached hydrogens (tertiary/aromatic N) is 2. The molecule has 0 aliphatic heterocycles. The highest BCUT2D eigenvalue weighted by Crippen LogP contribution is 2.33. The molecule has 6 heteroatoms. The van der Waals surface area contributed by atoms with E-state index in [1.807, 2.05) is 0 Å². The van der Waals surface area contributed by atoms with E-state index < -0.39 is 10.9 Å². The Morgan fingerprint density at radius 1 is 1.45 bits per heavy atom. The molecule has 0 amide bonds. The van der Waals surface area contributed by atoms with Crippen LogP contribution >= 0.6 is 23.2 Å². The molecule has 11 heavy (non-hydrogen) atoms. The molecule has 0 unspecified atom stereocenters. The van der Waals surface area contributed by atoms with Crippen LogP contribution in [0.3, 0.4) is 0 Å². The van der Waals surface area contributed by atoms with Crippen LogP contribution in [0.25, 0.3) is 0 Å². The summed E-state index contributed by atoms with van der Waals surface area (Å²) in [4.78, 5) is 0. The van der Waals surface area contributed by atoms with Crippen LogP contribution in [-0.2, 0) is 4.46 Å². The fourth-order valence-electron chi connectivity index (χ4n) is 0.545. The molecular weight excluding hydrogens is 197 g/mol. The second kappa shape index (κ2) is 2.95. The van der Waals surface area contributed by atoms with Crippen LogP contribution in [0.1, 0.15) is 0 Å². The third-order valence-corrected chi connectivity index (χ3v) is 1.75. The van der Waals surface area contributed by atoms with Gasteiger partial charge in [0.1, 0.15) is 0 Å². The van der Waals surface area contributed by atoms with Crippen molar-refractivity contribution in [2.75, 3.05) is 0 Å². The summed E-state index contributed by atoms with van der Waals surface area (Å²) in [6, 6.07) is 1.46. The predicted octanol–water partition coefficient (Wildman–Crippen LogP) is 2.24. The first-order chi connectivity index (χ1) is 5.05. The third kappa shape index (κ3) is 1.62. The van der Waals surface area contributed by atoms with E-state index in [4.69, 9.17) is 23.2 Å². The molecule has 0 saturated heterocycles. The second-order valence-electron chi connectivity index (χ2n) is 1.84. The monoisotopic (exact) mass is 200 g/mol. The fourth-order valence-corrected chi connectivity index (χ4v) is 0.745. The van der Waals surface area contributed by atoms with Gasteiger partial charge in [-0.3, -0.25) is 0 Å². The van der Waals surface area contributed by atoms with Gasteiger partial charge in [0.25, 0.3) is 10.9 Å². The molecule has 0 aromatic carbocycles. The molecule has 1 rings (SSSR count). The van der Waals surface area contributed by atoms with Gasteiger partial charge in [0.15, 0.2) is 0 Å². The summed E-state index contributed by atoms with van der Waals surface area (Å²) in [5, 5.41) is 3.48. The largest absolute Gasteiger partial charge is 0.291 e. The normalized spacial score (nSPS) is 12.5. The maximum atomic E-state index is 12.1. The van der Waals surface area contributed by atoms with Crippen LogP contribution in [0, 0.1) is 0 Å². The Balaban J connectivity index is 2.90. The van der Waals surface area contributed by atoms with E-state index in [0.717, 1.165) is 4.68 Å². The molecule has 1 aromatic rings. The van der Waals surface area contributed by atoms with Gasteiger partial charge in [0.05, 0.1) is 0 Å². The molecule has 0 radical (unpaired) electrons. The van der Waals surface area contributed by atoms with Gasteiger partial charge < -0.3 is 0 Å². The smallest absolute Gasteiger partial charge is 0.232 e. The SMILES string of the molecule is FC(F)C(Cl)(Cl)n1cccn1. The second-order valence-corrected chi connectivity index (χ2v) is 3.19. The molecule has 0 N–H and O–H groups in total. The summed E-state index contributed by atoms with van der Waals surface area (Å²) in [6.45, 7) is 0. The lowest BCUT2D eigenvalue weighted by Gasteiger charge is -2.18. The Morgan fingerprint density at radius 3 is 2.45 bits per heavy atom. The van der Waals surface area contributed by atoms with Crippen molar-refractivity contribution in [1.82, 2.24) is 9.78 Å². The van der Waals surface area contributed by atoms with Crippen LogP contribution in [0.2, 0.25) is 0 Å². The fraction of sp³-hybridized carbons (Fsp3) is 0.400. The zero-order chi connectivity index (χ0) is 8.48. The quantitative estimate of drug-likeness (QED) is 0.670. The van der Waals surface area contributed by atoms with E-state index in [-0.39, 0.29) is 0 Å². The molecule has 0 aliphatic rings. The molecule has 0 saturated carbocycles.